The van der Waals surface area contributed by atoms with E-state index in [0.29, 0.717) is 18.8 Å². The molecule has 0 aromatic heterocycles. The first kappa shape index (κ1) is 21.6. The summed E-state index contributed by atoms with van der Waals surface area (Å²) in [5, 5.41) is 2.78. The average Bonchev–Trinajstić information content (AvgIpc) is 2.57. The molecule has 3 N–H and O–H groups in total. The van der Waals surface area contributed by atoms with Gasteiger partial charge in [-0.1, -0.05) is 13.8 Å². The molecule has 1 aromatic carbocycles. The number of methoxy groups -OCH3 is 1. The van der Waals surface area contributed by atoms with Gasteiger partial charge in [-0.05, 0) is 37.1 Å². The molecule has 0 aliphatic rings. The van der Waals surface area contributed by atoms with E-state index >= 15 is 0 Å². The summed E-state index contributed by atoms with van der Waals surface area (Å²) in [5.74, 6) is -0.266. The largest absolute Gasteiger partial charge is 0.380 e. The van der Waals surface area contributed by atoms with Gasteiger partial charge in [-0.15, -0.1) is 0 Å². The second-order valence-corrected chi connectivity index (χ2v) is 7.79. The third-order valence-electron chi connectivity index (χ3n) is 4.27. The van der Waals surface area contributed by atoms with Crippen LogP contribution in [0.1, 0.15) is 31.4 Å². The van der Waals surface area contributed by atoms with Crippen LogP contribution in [0.2, 0.25) is 0 Å². The van der Waals surface area contributed by atoms with Gasteiger partial charge in [0.2, 0.25) is 15.9 Å². The van der Waals surface area contributed by atoms with Gasteiger partial charge in [0, 0.05) is 32.4 Å². The minimum atomic E-state index is -3.59. The Bertz CT molecular complexity index is 696. The van der Waals surface area contributed by atoms with Gasteiger partial charge in [-0.25, -0.2) is 8.42 Å². The predicted octanol–water partition coefficient (Wildman–Crippen LogP) is 1.64. The maximum atomic E-state index is 12.7. The molecule has 0 aliphatic carbocycles. The Kier molecular flexibility index (Phi) is 8.01. The summed E-state index contributed by atoms with van der Waals surface area (Å²) in [6.07, 6.45) is -0.262. The van der Waals surface area contributed by atoms with Crippen LogP contribution in [-0.4, -0.2) is 51.5 Å². The highest BCUT2D eigenvalue weighted by Crippen LogP contribution is 2.26. The zero-order valence-corrected chi connectivity index (χ0v) is 16.4. The smallest absolute Gasteiger partial charge is 0.243 e. The van der Waals surface area contributed by atoms with Crippen molar-refractivity contribution in [2.24, 2.45) is 5.73 Å². The van der Waals surface area contributed by atoms with E-state index in [4.69, 9.17) is 10.5 Å². The Morgan fingerprint density at radius 1 is 1.28 bits per heavy atom. The topological polar surface area (TPSA) is 102 Å². The molecule has 1 amide bonds. The lowest BCUT2D eigenvalue weighted by molar-refractivity contribution is -0.118. The number of sulfonamides is 1. The Balaban J connectivity index is 3.18. The first-order valence-corrected chi connectivity index (χ1v) is 9.79. The van der Waals surface area contributed by atoms with E-state index in [9.17, 15) is 13.2 Å². The van der Waals surface area contributed by atoms with Crippen molar-refractivity contribution in [1.82, 2.24) is 4.31 Å². The Hall–Kier alpha value is -1.48. The zero-order chi connectivity index (χ0) is 19.2. The van der Waals surface area contributed by atoms with E-state index in [1.54, 1.807) is 19.9 Å². The molecular weight excluding hydrogens is 342 g/mol. The molecule has 1 atom stereocenters. The van der Waals surface area contributed by atoms with Crippen molar-refractivity contribution in [1.29, 1.82) is 0 Å². The lowest BCUT2D eigenvalue weighted by Gasteiger charge is -2.21. The van der Waals surface area contributed by atoms with Gasteiger partial charge in [-0.2, -0.15) is 4.31 Å². The summed E-state index contributed by atoms with van der Waals surface area (Å²) in [6.45, 7) is 8.27. The maximum Gasteiger partial charge on any atom is 0.243 e. The molecule has 0 saturated carbocycles. The fourth-order valence-corrected chi connectivity index (χ4v) is 4.06. The van der Waals surface area contributed by atoms with Gasteiger partial charge in [0.05, 0.1) is 17.4 Å². The second-order valence-electron chi connectivity index (χ2n) is 5.85. The molecule has 0 bridgehead atoms. The minimum absolute atomic E-state index is 0.110. The van der Waals surface area contributed by atoms with Crippen LogP contribution in [-0.2, 0) is 19.6 Å². The number of anilines is 1. The van der Waals surface area contributed by atoms with Crippen molar-refractivity contribution < 1.29 is 17.9 Å². The monoisotopic (exact) mass is 371 g/mol. The van der Waals surface area contributed by atoms with Crippen LogP contribution in [0, 0.1) is 13.8 Å². The van der Waals surface area contributed by atoms with Crippen LogP contribution in [0.15, 0.2) is 17.0 Å². The number of hydrogen-bond donors (Lipinski definition) is 2. The Morgan fingerprint density at radius 2 is 1.88 bits per heavy atom. The number of carbonyl (C=O) groups is 1. The van der Waals surface area contributed by atoms with Crippen molar-refractivity contribution >= 4 is 21.6 Å². The maximum absolute atomic E-state index is 12.7. The molecule has 1 aromatic rings. The number of nitrogens with two attached hydrogens (primary N) is 1. The summed E-state index contributed by atoms with van der Waals surface area (Å²) >= 11 is 0. The molecule has 0 radical (unpaired) electrons. The molecule has 142 valence electrons. The average molecular weight is 372 g/mol. The van der Waals surface area contributed by atoms with Gasteiger partial charge in [-0.3, -0.25) is 4.79 Å². The number of aryl methyl sites for hydroxylation is 1. The number of ether oxygens (including phenoxy) is 1. The van der Waals surface area contributed by atoms with E-state index in [0.717, 1.165) is 11.1 Å². The SMILES string of the molecule is CCN(CC)S(=O)(=O)c1cc(C)c(C)c(NC(=O)CC(CN)OC)c1. The molecular formula is C17H29N3O4S. The van der Waals surface area contributed by atoms with E-state index in [1.807, 2.05) is 13.8 Å². The number of amides is 1. The number of hydrogen-bond acceptors (Lipinski definition) is 5. The third-order valence-corrected chi connectivity index (χ3v) is 6.30. The summed E-state index contributed by atoms with van der Waals surface area (Å²) in [6, 6.07) is 3.15. The van der Waals surface area contributed by atoms with Crippen LogP contribution in [0.3, 0.4) is 0 Å². The molecule has 1 unspecified atom stereocenters. The predicted molar refractivity (Wildman–Crippen MR) is 99.1 cm³/mol. The summed E-state index contributed by atoms with van der Waals surface area (Å²) in [5.41, 5.74) is 7.65. The quantitative estimate of drug-likeness (QED) is 0.687. The van der Waals surface area contributed by atoms with Crippen LogP contribution in [0.25, 0.3) is 0 Å². The molecule has 25 heavy (non-hydrogen) atoms. The first-order valence-electron chi connectivity index (χ1n) is 8.35. The Morgan fingerprint density at radius 3 is 2.36 bits per heavy atom. The molecule has 0 spiro atoms. The number of nitrogens with one attached hydrogen (secondary N) is 1. The zero-order valence-electron chi connectivity index (χ0n) is 15.6. The molecule has 1 rings (SSSR count). The lowest BCUT2D eigenvalue weighted by atomic mass is 10.1. The van der Waals surface area contributed by atoms with Gasteiger partial charge < -0.3 is 15.8 Å². The fourth-order valence-electron chi connectivity index (χ4n) is 2.49. The lowest BCUT2D eigenvalue weighted by Crippen LogP contribution is -2.31. The number of rotatable bonds is 9. The molecule has 0 aliphatic heterocycles. The third kappa shape index (κ3) is 5.24. The minimum Gasteiger partial charge on any atom is -0.380 e. The van der Waals surface area contributed by atoms with E-state index in [-0.39, 0.29) is 29.9 Å². The summed E-state index contributed by atoms with van der Waals surface area (Å²) < 4.78 is 32.0. The van der Waals surface area contributed by atoms with Crippen molar-refractivity contribution in [2.75, 3.05) is 32.1 Å². The van der Waals surface area contributed by atoms with E-state index < -0.39 is 10.0 Å². The fraction of sp³-hybridized carbons (Fsp3) is 0.588. The molecule has 8 heteroatoms. The van der Waals surface area contributed by atoms with E-state index in [1.165, 1.54) is 17.5 Å². The van der Waals surface area contributed by atoms with Gasteiger partial charge in [0.25, 0.3) is 0 Å². The summed E-state index contributed by atoms with van der Waals surface area (Å²) in [7, 11) is -2.10. The molecule has 0 heterocycles. The number of nitrogens with zero attached hydrogens (tertiary/aromatic N) is 1. The molecule has 0 fully saturated rings. The second kappa shape index (κ2) is 9.28. The first-order chi connectivity index (χ1) is 11.7. The highest BCUT2D eigenvalue weighted by Gasteiger charge is 2.23. The molecule has 0 saturated heterocycles. The van der Waals surface area contributed by atoms with Gasteiger partial charge in [0.15, 0.2) is 0 Å². The van der Waals surface area contributed by atoms with Crippen LogP contribution in [0.4, 0.5) is 5.69 Å². The van der Waals surface area contributed by atoms with Crippen molar-refractivity contribution in [3.05, 3.63) is 23.3 Å². The molecule has 7 nitrogen and oxygen atoms in total. The van der Waals surface area contributed by atoms with Crippen molar-refractivity contribution in [3.8, 4) is 0 Å². The highest BCUT2D eigenvalue weighted by atomic mass is 32.2. The number of carbonyl (C=O) groups excluding carboxylic acids is 1. The Labute approximate surface area is 150 Å². The standard InChI is InChI=1S/C17H29N3O4S/c1-6-20(7-2)25(22,23)15-8-12(3)13(4)16(10-15)19-17(21)9-14(11-18)24-5/h8,10,14H,6-7,9,11,18H2,1-5H3,(H,19,21). The van der Waals surface area contributed by atoms with E-state index in [2.05, 4.69) is 5.32 Å². The normalized spacial score (nSPS) is 13.1. The van der Waals surface area contributed by atoms with Crippen molar-refractivity contribution in [3.63, 3.8) is 0 Å². The van der Waals surface area contributed by atoms with Crippen LogP contribution >= 0.6 is 0 Å². The van der Waals surface area contributed by atoms with Gasteiger partial charge >= 0.3 is 0 Å². The van der Waals surface area contributed by atoms with Crippen LogP contribution in [0.5, 0.6) is 0 Å². The van der Waals surface area contributed by atoms with Crippen LogP contribution < -0.4 is 11.1 Å². The van der Waals surface area contributed by atoms with Gasteiger partial charge in [0.1, 0.15) is 0 Å². The van der Waals surface area contributed by atoms with Crippen molar-refractivity contribution in [2.45, 2.75) is 45.1 Å². The summed E-state index contributed by atoms with van der Waals surface area (Å²) in [4.78, 5) is 12.4. The number of benzene rings is 1. The highest BCUT2D eigenvalue weighted by molar-refractivity contribution is 7.89.